The van der Waals surface area contributed by atoms with Crippen LogP contribution in [-0.2, 0) is 4.79 Å². The first-order valence-corrected chi connectivity index (χ1v) is 5.96. The number of nitrogens with zero attached hydrogens (tertiary/aromatic N) is 2. The fourth-order valence-electron chi connectivity index (χ4n) is 2.08. The zero-order valence-corrected chi connectivity index (χ0v) is 10.6. The van der Waals surface area contributed by atoms with E-state index in [1.807, 2.05) is 0 Å². The number of likely N-dealkylation sites (tertiary alicyclic amines) is 1. The molecule has 1 amide bonds. The minimum Gasteiger partial charge on any atom is -0.478 e. The largest absolute Gasteiger partial charge is 0.478 e. The first-order valence-electron chi connectivity index (χ1n) is 5.96. The van der Waals surface area contributed by atoms with E-state index >= 15 is 0 Å². The quantitative estimate of drug-likeness (QED) is 0.729. The van der Waals surface area contributed by atoms with Gasteiger partial charge < -0.3 is 21.1 Å². The first kappa shape index (κ1) is 13.1. The normalized spacial score (nSPS) is 19.3. The van der Waals surface area contributed by atoms with E-state index in [9.17, 15) is 9.59 Å². The van der Waals surface area contributed by atoms with Crippen LogP contribution in [0.15, 0.2) is 12.3 Å². The molecule has 19 heavy (non-hydrogen) atoms. The van der Waals surface area contributed by atoms with Crippen LogP contribution in [0.3, 0.4) is 0 Å². The molecule has 0 saturated carbocycles. The Morgan fingerprint density at radius 3 is 3.00 bits per heavy atom. The Labute approximate surface area is 110 Å². The van der Waals surface area contributed by atoms with Crippen LogP contribution < -0.4 is 11.1 Å². The van der Waals surface area contributed by atoms with Crippen molar-refractivity contribution in [1.29, 1.82) is 0 Å². The second kappa shape index (κ2) is 5.13. The van der Waals surface area contributed by atoms with Crippen molar-refractivity contribution in [2.24, 2.45) is 0 Å². The van der Waals surface area contributed by atoms with E-state index in [1.165, 1.54) is 12.3 Å². The highest BCUT2D eigenvalue weighted by atomic mass is 16.4. The standard InChI is InChI=1S/C12H16N4O3/c1-16-6-8(2-3-10(16)17)15-11-9(12(18)19)4-7(13)5-14-11/h4-5,8H,2-3,6,13H2,1H3,(H,14,15)(H,18,19). The maximum atomic E-state index is 11.4. The number of nitrogens with two attached hydrogens (primary N) is 1. The lowest BCUT2D eigenvalue weighted by atomic mass is 10.1. The number of anilines is 2. The van der Waals surface area contributed by atoms with E-state index in [2.05, 4.69) is 10.3 Å². The Morgan fingerprint density at radius 2 is 2.37 bits per heavy atom. The fourth-order valence-corrected chi connectivity index (χ4v) is 2.08. The molecule has 2 heterocycles. The number of carboxylic acid groups (broad SMARTS) is 1. The van der Waals surface area contributed by atoms with Crippen molar-refractivity contribution >= 4 is 23.4 Å². The molecule has 7 nitrogen and oxygen atoms in total. The first-order chi connectivity index (χ1) is 8.97. The fraction of sp³-hybridized carbons (Fsp3) is 0.417. The molecule has 7 heteroatoms. The number of nitrogens with one attached hydrogen (secondary N) is 1. The zero-order valence-electron chi connectivity index (χ0n) is 10.6. The van der Waals surface area contributed by atoms with Crippen molar-refractivity contribution in [3.05, 3.63) is 17.8 Å². The lowest BCUT2D eigenvalue weighted by Crippen LogP contribution is -2.43. The maximum Gasteiger partial charge on any atom is 0.339 e. The van der Waals surface area contributed by atoms with E-state index in [4.69, 9.17) is 10.8 Å². The highest BCUT2D eigenvalue weighted by Gasteiger charge is 2.24. The summed E-state index contributed by atoms with van der Waals surface area (Å²) in [5.74, 6) is -0.696. The van der Waals surface area contributed by atoms with E-state index in [0.717, 1.165) is 0 Å². The van der Waals surface area contributed by atoms with Gasteiger partial charge in [-0.25, -0.2) is 9.78 Å². The highest BCUT2D eigenvalue weighted by Crippen LogP contribution is 2.19. The molecule has 0 aliphatic carbocycles. The Balaban J connectivity index is 2.15. The summed E-state index contributed by atoms with van der Waals surface area (Å²) in [6.07, 6.45) is 2.52. The Kier molecular flexibility index (Phi) is 3.55. The molecule has 1 aliphatic heterocycles. The van der Waals surface area contributed by atoms with Gasteiger partial charge in [0.1, 0.15) is 11.4 Å². The van der Waals surface area contributed by atoms with Gasteiger partial charge in [0.15, 0.2) is 0 Å². The average molecular weight is 264 g/mol. The number of carboxylic acids is 1. The van der Waals surface area contributed by atoms with Gasteiger partial charge in [-0.1, -0.05) is 0 Å². The van der Waals surface area contributed by atoms with Crippen LogP contribution in [0.1, 0.15) is 23.2 Å². The minimum absolute atomic E-state index is 0.00285. The molecule has 102 valence electrons. The van der Waals surface area contributed by atoms with Crippen molar-refractivity contribution in [3.8, 4) is 0 Å². The smallest absolute Gasteiger partial charge is 0.339 e. The molecular weight excluding hydrogens is 248 g/mol. The van der Waals surface area contributed by atoms with Crippen molar-refractivity contribution in [2.75, 3.05) is 24.6 Å². The summed E-state index contributed by atoms with van der Waals surface area (Å²) in [4.78, 5) is 28.2. The Hall–Kier alpha value is -2.31. The summed E-state index contributed by atoms with van der Waals surface area (Å²) in [6, 6.07) is 1.37. The third-order valence-electron chi connectivity index (χ3n) is 3.11. The van der Waals surface area contributed by atoms with Crippen LogP contribution in [0.5, 0.6) is 0 Å². The Bertz CT molecular complexity index is 518. The van der Waals surface area contributed by atoms with E-state index in [-0.39, 0.29) is 23.3 Å². The molecule has 1 aliphatic rings. The number of hydrogen-bond acceptors (Lipinski definition) is 5. The SMILES string of the molecule is CN1CC(Nc2ncc(N)cc2C(=O)O)CCC1=O. The van der Waals surface area contributed by atoms with Crippen molar-refractivity contribution in [1.82, 2.24) is 9.88 Å². The van der Waals surface area contributed by atoms with Crippen molar-refractivity contribution < 1.29 is 14.7 Å². The van der Waals surface area contributed by atoms with Gasteiger partial charge in [0.05, 0.1) is 11.9 Å². The third-order valence-corrected chi connectivity index (χ3v) is 3.11. The summed E-state index contributed by atoms with van der Waals surface area (Å²) in [5, 5.41) is 12.2. The van der Waals surface area contributed by atoms with Crippen molar-refractivity contribution in [2.45, 2.75) is 18.9 Å². The zero-order chi connectivity index (χ0) is 14.0. The number of hydrogen-bond donors (Lipinski definition) is 3. The summed E-state index contributed by atoms with van der Waals surface area (Å²) >= 11 is 0. The molecule has 1 atom stereocenters. The number of piperidine rings is 1. The van der Waals surface area contributed by atoms with E-state index in [1.54, 1.807) is 11.9 Å². The molecule has 4 N–H and O–H groups in total. The number of carbonyl (C=O) groups excluding carboxylic acids is 1. The van der Waals surface area contributed by atoms with E-state index in [0.29, 0.717) is 25.1 Å². The second-order valence-electron chi connectivity index (χ2n) is 4.62. The summed E-state index contributed by atoms with van der Waals surface area (Å²) in [5.41, 5.74) is 5.88. The Morgan fingerprint density at radius 1 is 1.63 bits per heavy atom. The molecule has 1 aromatic rings. The predicted octanol–water partition coefficient (Wildman–Crippen LogP) is 0.395. The van der Waals surface area contributed by atoms with Gasteiger partial charge in [0, 0.05) is 26.1 Å². The van der Waals surface area contributed by atoms with Gasteiger partial charge in [-0.3, -0.25) is 4.79 Å². The summed E-state index contributed by atoms with van der Waals surface area (Å²) in [7, 11) is 1.73. The highest BCUT2D eigenvalue weighted by molar-refractivity contribution is 5.94. The number of pyridine rings is 1. The van der Waals surface area contributed by atoms with Crippen LogP contribution in [0.4, 0.5) is 11.5 Å². The molecule has 0 radical (unpaired) electrons. The van der Waals surface area contributed by atoms with Gasteiger partial charge in [0.2, 0.25) is 5.91 Å². The number of nitrogen functional groups attached to an aromatic ring is 1. The number of amides is 1. The predicted molar refractivity (Wildman–Crippen MR) is 69.9 cm³/mol. The molecule has 0 spiro atoms. The topological polar surface area (TPSA) is 109 Å². The molecule has 1 aromatic heterocycles. The van der Waals surface area contributed by atoms with Crippen molar-refractivity contribution in [3.63, 3.8) is 0 Å². The van der Waals surface area contributed by atoms with Crippen LogP contribution >= 0.6 is 0 Å². The molecule has 1 fully saturated rings. The molecule has 2 rings (SSSR count). The molecule has 1 unspecified atom stereocenters. The van der Waals surface area contributed by atoms with Crippen LogP contribution in [0.2, 0.25) is 0 Å². The number of rotatable bonds is 3. The van der Waals surface area contributed by atoms with Gasteiger partial charge in [-0.05, 0) is 12.5 Å². The van der Waals surface area contributed by atoms with Gasteiger partial charge in [0.25, 0.3) is 0 Å². The number of aromatic nitrogens is 1. The minimum atomic E-state index is -1.08. The summed E-state index contributed by atoms with van der Waals surface area (Å²) < 4.78 is 0. The maximum absolute atomic E-state index is 11.4. The molecule has 1 saturated heterocycles. The van der Waals surface area contributed by atoms with Crippen LogP contribution in [0, 0.1) is 0 Å². The third kappa shape index (κ3) is 2.93. The molecule has 0 aromatic carbocycles. The summed E-state index contributed by atoms with van der Waals surface area (Å²) in [6.45, 7) is 0.532. The van der Waals surface area contributed by atoms with Gasteiger partial charge in [-0.2, -0.15) is 0 Å². The number of carbonyl (C=O) groups is 2. The monoisotopic (exact) mass is 264 g/mol. The van der Waals surface area contributed by atoms with Crippen LogP contribution in [-0.4, -0.2) is 46.5 Å². The molecular formula is C12H16N4O3. The van der Waals surface area contributed by atoms with E-state index < -0.39 is 5.97 Å². The molecule has 0 bridgehead atoms. The van der Waals surface area contributed by atoms with Crippen LogP contribution in [0.25, 0.3) is 0 Å². The lowest BCUT2D eigenvalue weighted by Gasteiger charge is -2.30. The lowest BCUT2D eigenvalue weighted by molar-refractivity contribution is -0.132. The number of aromatic carboxylic acids is 1. The van der Waals surface area contributed by atoms with Gasteiger partial charge >= 0.3 is 5.97 Å². The number of likely N-dealkylation sites (N-methyl/N-ethyl adjacent to an activating group) is 1. The van der Waals surface area contributed by atoms with Gasteiger partial charge in [-0.15, -0.1) is 0 Å². The average Bonchev–Trinajstić information content (AvgIpc) is 2.36. The second-order valence-corrected chi connectivity index (χ2v) is 4.62.